The molecule has 1 saturated heterocycles. The molecule has 1 fully saturated rings. The first-order valence-corrected chi connectivity index (χ1v) is 7.07. The zero-order valence-electron chi connectivity index (χ0n) is 11.9. The van der Waals surface area contributed by atoms with E-state index < -0.39 is 0 Å². The van der Waals surface area contributed by atoms with Crippen molar-refractivity contribution in [1.82, 2.24) is 4.98 Å². The molecule has 4 nitrogen and oxygen atoms in total. The van der Waals surface area contributed by atoms with Gasteiger partial charge in [-0.3, -0.25) is 0 Å². The van der Waals surface area contributed by atoms with Gasteiger partial charge in [0.15, 0.2) is 0 Å². The first kappa shape index (κ1) is 13.2. The normalized spacial score (nSPS) is 22.7. The summed E-state index contributed by atoms with van der Waals surface area (Å²) in [5.41, 5.74) is 0. The van der Waals surface area contributed by atoms with E-state index in [9.17, 15) is 0 Å². The number of ether oxygens (including phenoxy) is 2. The van der Waals surface area contributed by atoms with Gasteiger partial charge in [-0.2, -0.15) is 0 Å². The van der Waals surface area contributed by atoms with Crippen LogP contribution >= 0.6 is 0 Å². The Balaban J connectivity index is 1.90. The second kappa shape index (κ2) is 5.67. The Morgan fingerprint density at radius 1 is 1.35 bits per heavy atom. The largest absolute Gasteiger partial charge is 0.497 e. The summed E-state index contributed by atoms with van der Waals surface area (Å²) < 4.78 is 10.9. The number of anilines is 1. The Bertz CT molecular complexity index is 600. The van der Waals surface area contributed by atoms with Crippen LogP contribution in [-0.4, -0.2) is 30.8 Å². The van der Waals surface area contributed by atoms with Crippen LogP contribution < -0.4 is 10.1 Å². The number of fused-ring (bicyclic) bond motifs is 1. The number of methoxy groups -OCH3 is 1. The maximum Gasteiger partial charge on any atom is 0.134 e. The molecule has 0 spiro atoms. The Morgan fingerprint density at radius 3 is 3.05 bits per heavy atom. The molecular weight excluding hydrogens is 252 g/mol. The van der Waals surface area contributed by atoms with E-state index in [1.54, 1.807) is 7.11 Å². The van der Waals surface area contributed by atoms with Crippen molar-refractivity contribution in [3.8, 4) is 5.75 Å². The van der Waals surface area contributed by atoms with Gasteiger partial charge in [-0.25, -0.2) is 4.98 Å². The number of hydrogen-bond donors (Lipinski definition) is 1. The maximum absolute atomic E-state index is 5.59. The van der Waals surface area contributed by atoms with Crippen LogP contribution in [0.2, 0.25) is 0 Å². The molecule has 4 heteroatoms. The number of aromatic nitrogens is 1. The average molecular weight is 272 g/mol. The van der Waals surface area contributed by atoms with Crippen LogP contribution in [0.4, 0.5) is 5.82 Å². The zero-order chi connectivity index (χ0) is 13.9. The predicted octanol–water partition coefficient (Wildman–Crippen LogP) is 3.22. The highest BCUT2D eigenvalue weighted by molar-refractivity contribution is 5.92. The average Bonchev–Trinajstić information content (AvgIpc) is 2.47. The van der Waals surface area contributed by atoms with E-state index in [1.807, 2.05) is 24.4 Å². The standard InChI is InChI=1S/C16H20N2O2/c1-11-9-13(6-8-20-11)18-16-15-10-14(19-2)4-3-12(15)5-7-17-16/h3-5,7,10-11,13H,6,8-9H2,1-2H3,(H,17,18). The molecule has 0 bridgehead atoms. The molecule has 20 heavy (non-hydrogen) atoms. The van der Waals surface area contributed by atoms with Crippen molar-refractivity contribution in [3.05, 3.63) is 30.5 Å². The Labute approximate surface area is 119 Å². The fourth-order valence-corrected chi connectivity index (χ4v) is 2.71. The number of pyridine rings is 1. The van der Waals surface area contributed by atoms with Crippen LogP contribution in [0.5, 0.6) is 5.75 Å². The Kier molecular flexibility index (Phi) is 3.74. The van der Waals surface area contributed by atoms with Gasteiger partial charge < -0.3 is 14.8 Å². The molecule has 1 aliphatic heterocycles. The minimum absolute atomic E-state index is 0.311. The van der Waals surface area contributed by atoms with Gasteiger partial charge in [0.25, 0.3) is 0 Å². The summed E-state index contributed by atoms with van der Waals surface area (Å²) in [6.07, 6.45) is 4.19. The minimum atomic E-state index is 0.311. The number of rotatable bonds is 3. The van der Waals surface area contributed by atoms with Gasteiger partial charge in [0.1, 0.15) is 11.6 Å². The van der Waals surface area contributed by atoms with Crippen molar-refractivity contribution in [3.63, 3.8) is 0 Å². The summed E-state index contributed by atoms with van der Waals surface area (Å²) in [5, 5.41) is 5.83. The predicted molar refractivity (Wildman–Crippen MR) is 80.4 cm³/mol. The van der Waals surface area contributed by atoms with Crippen LogP contribution in [0.3, 0.4) is 0 Å². The van der Waals surface area contributed by atoms with E-state index in [-0.39, 0.29) is 0 Å². The van der Waals surface area contributed by atoms with E-state index >= 15 is 0 Å². The second-order valence-electron chi connectivity index (χ2n) is 5.29. The monoisotopic (exact) mass is 272 g/mol. The first-order chi connectivity index (χ1) is 9.76. The number of nitrogens with one attached hydrogen (secondary N) is 1. The van der Waals surface area contributed by atoms with Crippen LogP contribution in [0.1, 0.15) is 19.8 Å². The van der Waals surface area contributed by atoms with E-state index in [1.165, 1.54) is 5.39 Å². The van der Waals surface area contributed by atoms with Crippen LogP contribution in [-0.2, 0) is 4.74 Å². The van der Waals surface area contributed by atoms with Gasteiger partial charge >= 0.3 is 0 Å². The molecule has 2 atom stereocenters. The second-order valence-corrected chi connectivity index (χ2v) is 5.29. The van der Waals surface area contributed by atoms with Crippen molar-refractivity contribution in [2.24, 2.45) is 0 Å². The quantitative estimate of drug-likeness (QED) is 0.931. The highest BCUT2D eigenvalue weighted by Gasteiger charge is 2.20. The van der Waals surface area contributed by atoms with Gasteiger partial charge in [0.05, 0.1) is 13.2 Å². The molecular formula is C16H20N2O2. The summed E-state index contributed by atoms with van der Waals surface area (Å²) >= 11 is 0. The van der Waals surface area contributed by atoms with E-state index in [2.05, 4.69) is 23.3 Å². The van der Waals surface area contributed by atoms with Gasteiger partial charge in [-0.1, -0.05) is 6.07 Å². The Hall–Kier alpha value is -1.81. The number of benzene rings is 1. The summed E-state index contributed by atoms with van der Waals surface area (Å²) in [7, 11) is 1.69. The summed E-state index contributed by atoms with van der Waals surface area (Å²) in [6, 6.07) is 8.51. The van der Waals surface area contributed by atoms with Crippen molar-refractivity contribution in [1.29, 1.82) is 0 Å². The summed E-state index contributed by atoms with van der Waals surface area (Å²) in [4.78, 5) is 4.49. The molecule has 1 aromatic heterocycles. The molecule has 0 amide bonds. The SMILES string of the molecule is COc1ccc2ccnc(NC3CCOC(C)C3)c2c1. The van der Waals surface area contributed by atoms with Gasteiger partial charge in [-0.05, 0) is 43.4 Å². The summed E-state index contributed by atoms with van der Waals surface area (Å²) in [5.74, 6) is 1.79. The van der Waals surface area contributed by atoms with E-state index in [0.29, 0.717) is 12.1 Å². The van der Waals surface area contributed by atoms with E-state index in [0.717, 1.165) is 36.4 Å². The fraction of sp³-hybridized carbons (Fsp3) is 0.438. The van der Waals surface area contributed by atoms with Gasteiger partial charge in [-0.15, -0.1) is 0 Å². The van der Waals surface area contributed by atoms with Crippen LogP contribution in [0, 0.1) is 0 Å². The zero-order valence-corrected chi connectivity index (χ0v) is 11.9. The topological polar surface area (TPSA) is 43.4 Å². The third-order valence-corrected chi connectivity index (χ3v) is 3.80. The molecule has 1 aromatic carbocycles. The third kappa shape index (κ3) is 2.70. The molecule has 1 aliphatic rings. The van der Waals surface area contributed by atoms with Gasteiger partial charge in [0.2, 0.25) is 0 Å². The smallest absolute Gasteiger partial charge is 0.134 e. The lowest BCUT2D eigenvalue weighted by Gasteiger charge is -2.28. The highest BCUT2D eigenvalue weighted by atomic mass is 16.5. The van der Waals surface area contributed by atoms with Crippen molar-refractivity contribution < 1.29 is 9.47 Å². The molecule has 2 heterocycles. The molecule has 2 unspecified atom stereocenters. The molecule has 3 rings (SSSR count). The summed E-state index contributed by atoms with van der Waals surface area (Å²) in [6.45, 7) is 2.93. The molecule has 0 saturated carbocycles. The molecule has 1 N–H and O–H groups in total. The molecule has 2 aromatic rings. The lowest BCUT2D eigenvalue weighted by atomic mass is 10.0. The fourth-order valence-electron chi connectivity index (χ4n) is 2.71. The minimum Gasteiger partial charge on any atom is -0.497 e. The van der Waals surface area contributed by atoms with Crippen LogP contribution in [0.15, 0.2) is 30.5 Å². The maximum atomic E-state index is 5.59. The lowest BCUT2D eigenvalue weighted by Crippen LogP contribution is -2.32. The van der Waals surface area contributed by atoms with Crippen molar-refractivity contribution in [2.75, 3.05) is 19.0 Å². The highest BCUT2D eigenvalue weighted by Crippen LogP contribution is 2.27. The van der Waals surface area contributed by atoms with E-state index in [4.69, 9.17) is 9.47 Å². The molecule has 106 valence electrons. The first-order valence-electron chi connectivity index (χ1n) is 7.07. The van der Waals surface area contributed by atoms with Crippen molar-refractivity contribution >= 4 is 16.6 Å². The molecule has 0 radical (unpaired) electrons. The third-order valence-electron chi connectivity index (χ3n) is 3.80. The van der Waals surface area contributed by atoms with Gasteiger partial charge in [0, 0.05) is 24.2 Å². The van der Waals surface area contributed by atoms with Crippen molar-refractivity contribution in [2.45, 2.75) is 31.9 Å². The molecule has 0 aliphatic carbocycles. The van der Waals surface area contributed by atoms with Crippen LogP contribution in [0.25, 0.3) is 10.8 Å². The Morgan fingerprint density at radius 2 is 2.25 bits per heavy atom. The number of nitrogens with zero attached hydrogens (tertiary/aromatic N) is 1. The lowest BCUT2D eigenvalue weighted by molar-refractivity contribution is 0.0232. The number of hydrogen-bond acceptors (Lipinski definition) is 4.